The second kappa shape index (κ2) is 8.27. The second-order valence-corrected chi connectivity index (χ2v) is 8.08. The molecular weight excluding hydrogens is 304 g/mol. The molecule has 2 nitrogen and oxygen atoms in total. The minimum absolute atomic E-state index is 0.859. The molecule has 110 valence electrons. The van der Waals surface area contributed by atoms with Gasteiger partial charge in [0.2, 0.25) is 0 Å². The normalized spacial score (nSPS) is 16.7. The van der Waals surface area contributed by atoms with Gasteiger partial charge in [-0.15, -0.1) is 0 Å². The molecular formula is C15H22N2S3. The number of benzene rings is 1. The van der Waals surface area contributed by atoms with Crippen LogP contribution in [0.5, 0.6) is 0 Å². The molecule has 1 saturated heterocycles. The summed E-state index contributed by atoms with van der Waals surface area (Å²) in [5.41, 5.74) is 5.98. The van der Waals surface area contributed by atoms with Gasteiger partial charge in [0.05, 0.1) is 0 Å². The number of thiocarbonyl (C=S) groups is 1. The predicted molar refractivity (Wildman–Crippen MR) is 95.1 cm³/mol. The van der Waals surface area contributed by atoms with Gasteiger partial charge in [-0.2, -0.15) is 0 Å². The van der Waals surface area contributed by atoms with Crippen molar-refractivity contribution in [2.75, 3.05) is 13.1 Å². The first-order chi connectivity index (χ1) is 9.65. The van der Waals surface area contributed by atoms with Gasteiger partial charge in [0.25, 0.3) is 0 Å². The molecule has 1 aromatic carbocycles. The van der Waals surface area contributed by atoms with Gasteiger partial charge in [0.15, 0.2) is 4.32 Å². The summed E-state index contributed by atoms with van der Waals surface area (Å²) in [5, 5.41) is 2.27. The maximum absolute atomic E-state index is 5.44. The van der Waals surface area contributed by atoms with E-state index in [0.717, 1.165) is 17.4 Å². The van der Waals surface area contributed by atoms with Crippen LogP contribution in [-0.2, 0) is 0 Å². The van der Waals surface area contributed by atoms with Gasteiger partial charge in [-0.25, -0.2) is 5.01 Å². The third kappa shape index (κ3) is 5.28. The van der Waals surface area contributed by atoms with E-state index in [1.54, 1.807) is 21.6 Å². The van der Waals surface area contributed by atoms with Crippen LogP contribution in [0.1, 0.15) is 36.8 Å². The first-order valence-corrected chi connectivity index (χ1v) is 9.68. The highest BCUT2D eigenvalue weighted by Gasteiger charge is 2.11. The molecule has 1 aromatic rings. The lowest BCUT2D eigenvalue weighted by molar-refractivity contribution is 0.249. The Morgan fingerprint density at radius 3 is 2.55 bits per heavy atom. The van der Waals surface area contributed by atoms with Crippen molar-refractivity contribution >= 4 is 38.1 Å². The molecule has 0 radical (unpaired) electrons. The van der Waals surface area contributed by atoms with Crippen LogP contribution in [0.15, 0.2) is 23.1 Å². The van der Waals surface area contributed by atoms with E-state index in [1.807, 2.05) is 0 Å². The minimum Gasteiger partial charge on any atom is -0.303 e. The van der Waals surface area contributed by atoms with Gasteiger partial charge < -0.3 is 5.43 Å². The van der Waals surface area contributed by atoms with Crippen molar-refractivity contribution in [2.45, 2.75) is 44.4 Å². The second-order valence-electron chi connectivity index (χ2n) is 5.24. The molecule has 20 heavy (non-hydrogen) atoms. The fourth-order valence-corrected chi connectivity index (χ4v) is 4.56. The molecule has 1 aliphatic heterocycles. The average molecular weight is 327 g/mol. The van der Waals surface area contributed by atoms with Crippen LogP contribution >= 0.6 is 33.8 Å². The molecule has 2 rings (SSSR count). The number of rotatable bonds is 3. The highest BCUT2D eigenvalue weighted by Crippen LogP contribution is 2.34. The Hall–Kier alpha value is -0.230. The van der Waals surface area contributed by atoms with E-state index >= 15 is 0 Å². The third-order valence-electron chi connectivity index (χ3n) is 3.41. The molecule has 1 aliphatic rings. The van der Waals surface area contributed by atoms with E-state index in [1.165, 1.54) is 41.7 Å². The van der Waals surface area contributed by atoms with Crippen molar-refractivity contribution in [3.63, 3.8) is 0 Å². The molecule has 0 amide bonds. The zero-order valence-electron chi connectivity index (χ0n) is 12.1. The highest BCUT2D eigenvalue weighted by atomic mass is 33.1. The first kappa shape index (κ1) is 16.1. The number of aryl methyl sites for hydroxylation is 2. The fraction of sp³-hybridized carbons (Fsp3) is 0.533. The van der Waals surface area contributed by atoms with Crippen molar-refractivity contribution in [1.29, 1.82) is 0 Å². The SMILES string of the molecule is Cc1ccc(C)c(SSC(=S)NN2CCCCCC2)c1. The fourth-order valence-electron chi connectivity index (χ4n) is 2.21. The zero-order chi connectivity index (χ0) is 14.4. The summed E-state index contributed by atoms with van der Waals surface area (Å²) in [6.45, 7) is 6.49. The number of nitrogens with one attached hydrogen (secondary N) is 1. The molecule has 0 spiro atoms. The number of hydrazine groups is 1. The number of hydrogen-bond acceptors (Lipinski definition) is 4. The maximum atomic E-state index is 5.44. The average Bonchev–Trinajstić information content (AvgIpc) is 2.68. The van der Waals surface area contributed by atoms with Gasteiger partial charge in [0.1, 0.15) is 0 Å². The Morgan fingerprint density at radius 1 is 1.15 bits per heavy atom. The number of hydrogen-bond donors (Lipinski definition) is 1. The lowest BCUT2D eigenvalue weighted by Crippen LogP contribution is -2.40. The molecule has 1 heterocycles. The lowest BCUT2D eigenvalue weighted by atomic mass is 10.2. The topological polar surface area (TPSA) is 15.3 Å². The quantitative estimate of drug-likeness (QED) is 0.637. The lowest BCUT2D eigenvalue weighted by Gasteiger charge is -2.21. The summed E-state index contributed by atoms with van der Waals surface area (Å²) in [5.74, 6) is 0. The van der Waals surface area contributed by atoms with Crippen molar-refractivity contribution in [1.82, 2.24) is 10.4 Å². The summed E-state index contributed by atoms with van der Waals surface area (Å²) in [4.78, 5) is 1.30. The van der Waals surface area contributed by atoms with Crippen molar-refractivity contribution in [2.24, 2.45) is 0 Å². The van der Waals surface area contributed by atoms with Gasteiger partial charge in [-0.3, -0.25) is 0 Å². The maximum Gasteiger partial charge on any atom is 0.159 e. The van der Waals surface area contributed by atoms with Gasteiger partial charge in [-0.1, -0.05) is 37.2 Å². The van der Waals surface area contributed by atoms with Crippen LogP contribution in [0.25, 0.3) is 0 Å². The van der Waals surface area contributed by atoms with E-state index in [2.05, 4.69) is 42.5 Å². The molecule has 1 fully saturated rings. The largest absolute Gasteiger partial charge is 0.303 e. The van der Waals surface area contributed by atoms with Crippen LogP contribution in [0.3, 0.4) is 0 Å². The van der Waals surface area contributed by atoms with Gasteiger partial charge in [-0.05, 0) is 65.5 Å². The van der Waals surface area contributed by atoms with Crippen LogP contribution < -0.4 is 5.43 Å². The van der Waals surface area contributed by atoms with E-state index in [4.69, 9.17) is 12.2 Å². The van der Waals surface area contributed by atoms with Crippen molar-refractivity contribution in [3.8, 4) is 0 Å². The van der Waals surface area contributed by atoms with E-state index < -0.39 is 0 Å². The highest BCUT2D eigenvalue weighted by molar-refractivity contribution is 8.83. The standard InChI is InChI=1S/C15H22N2S3/c1-12-7-8-13(2)14(11-12)19-20-15(18)16-17-9-5-3-4-6-10-17/h7-8,11H,3-6,9-10H2,1-2H3,(H,16,18). The van der Waals surface area contributed by atoms with Crippen LogP contribution in [-0.4, -0.2) is 22.4 Å². The summed E-state index contributed by atoms with van der Waals surface area (Å²) in [6.07, 6.45) is 5.22. The molecule has 1 N–H and O–H groups in total. The number of nitrogens with zero attached hydrogens (tertiary/aromatic N) is 1. The minimum atomic E-state index is 0.859. The van der Waals surface area contributed by atoms with E-state index in [-0.39, 0.29) is 0 Å². The molecule has 5 heteroatoms. The zero-order valence-corrected chi connectivity index (χ0v) is 14.6. The van der Waals surface area contributed by atoms with Gasteiger partial charge >= 0.3 is 0 Å². The molecule has 0 unspecified atom stereocenters. The summed E-state index contributed by atoms with van der Waals surface area (Å²) in [7, 11) is 3.40. The Kier molecular flexibility index (Phi) is 6.68. The van der Waals surface area contributed by atoms with Crippen molar-refractivity contribution < 1.29 is 0 Å². The molecule has 0 aromatic heterocycles. The molecule has 0 bridgehead atoms. The van der Waals surface area contributed by atoms with Crippen LogP contribution in [0.2, 0.25) is 0 Å². The summed E-state index contributed by atoms with van der Waals surface area (Å²) >= 11 is 5.44. The van der Waals surface area contributed by atoms with E-state index in [9.17, 15) is 0 Å². The molecule has 0 saturated carbocycles. The smallest absolute Gasteiger partial charge is 0.159 e. The summed E-state index contributed by atoms with van der Waals surface area (Å²) in [6, 6.07) is 6.54. The molecule has 0 aliphatic carbocycles. The Labute approximate surface area is 135 Å². The van der Waals surface area contributed by atoms with E-state index in [0.29, 0.717) is 0 Å². The van der Waals surface area contributed by atoms with Crippen LogP contribution in [0.4, 0.5) is 0 Å². The van der Waals surface area contributed by atoms with Crippen LogP contribution in [0, 0.1) is 13.8 Å². The molecule has 0 atom stereocenters. The van der Waals surface area contributed by atoms with Crippen molar-refractivity contribution in [3.05, 3.63) is 29.3 Å². The third-order valence-corrected chi connectivity index (χ3v) is 6.30. The Morgan fingerprint density at radius 2 is 1.85 bits per heavy atom. The first-order valence-electron chi connectivity index (χ1n) is 7.12. The predicted octanol–water partition coefficient (Wildman–Crippen LogP) is 4.71. The monoisotopic (exact) mass is 326 g/mol. The van der Waals surface area contributed by atoms with Gasteiger partial charge in [0, 0.05) is 18.0 Å². The summed E-state index contributed by atoms with van der Waals surface area (Å²) < 4.78 is 0.859. The Bertz CT molecular complexity index is 454. The Balaban J connectivity index is 1.81.